The lowest BCUT2D eigenvalue weighted by Gasteiger charge is -2.38. The van der Waals surface area contributed by atoms with Gasteiger partial charge in [-0.05, 0) is 31.5 Å². The summed E-state index contributed by atoms with van der Waals surface area (Å²) >= 11 is 0. The summed E-state index contributed by atoms with van der Waals surface area (Å²) in [5.41, 5.74) is 2.91. The van der Waals surface area contributed by atoms with Crippen molar-refractivity contribution in [3.05, 3.63) is 35.4 Å². The molecule has 2 rings (SSSR count). The number of rotatable bonds is 3. The molecule has 94 valence electrons. The van der Waals surface area contributed by atoms with E-state index in [0.717, 1.165) is 13.0 Å². The SMILES string of the molecule is CCc1cccc(CN2CCN(C)CC2C)c1. The van der Waals surface area contributed by atoms with E-state index in [0.29, 0.717) is 6.04 Å². The predicted molar refractivity (Wildman–Crippen MR) is 73.2 cm³/mol. The van der Waals surface area contributed by atoms with Gasteiger partial charge in [0.15, 0.2) is 0 Å². The molecule has 1 aromatic rings. The zero-order valence-electron chi connectivity index (χ0n) is 11.3. The number of benzene rings is 1. The van der Waals surface area contributed by atoms with E-state index < -0.39 is 0 Å². The Morgan fingerprint density at radius 2 is 2.00 bits per heavy atom. The average Bonchev–Trinajstić information content (AvgIpc) is 2.33. The highest BCUT2D eigenvalue weighted by molar-refractivity contribution is 5.23. The number of likely N-dealkylation sites (N-methyl/N-ethyl adjacent to an activating group) is 1. The molecule has 0 aromatic heterocycles. The maximum absolute atomic E-state index is 2.59. The molecule has 1 heterocycles. The minimum atomic E-state index is 0.666. The second kappa shape index (κ2) is 5.65. The molecule has 1 saturated heterocycles. The van der Waals surface area contributed by atoms with Gasteiger partial charge in [0.2, 0.25) is 0 Å². The van der Waals surface area contributed by atoms with E-state index in [1.165, 1.54) is 30.8 Å². The van der Waals surface area contributed by atoms with E-state index in [1.54, 1.807) is 0 Å². The molecule has 0 amide bonds. The molecule has 1 aliphatic heterocycles. The molecule has 1 unspecified atom stereocenters. The monoisotopic (exact) mass is 232 g/mol. The molecule has 0 radical (unpaired) electrons. The zero-order chi connectivity index (χ0) is 12.3. The van der Waals surface area contributed by atoms with Crippen molar-refractivity contribution in [1.29, 1.82) is 0 Å². The van der Waals surface area contributed by atoms with Gasteiger partial charge in [-0.25, -0.2) is 0 Å². The van der Waals surface area contributed by atoms with Crippen LogP contribution >= 0.6 is 0 Å². The quantitative estimate of drug-likeness (QED) is 0.789. The van der Waals surface area contributed by atoms with E-state index in [-0.39, 0.29) is 0 Å². The van der Waals surface area contributed by atoms with Gasteiger partial charge in [0.05, 0.1) is 0 Å². The van der Waals surface area contributed by atoms with E-state index in [2.05, 4.69) is 55.0 Å². The van der Waals surface area contributed by atoms with Crippen molar-refractivity contribution < 1.29 is 0 Å². The second-order valence-corrected chi connectivity index (χ2v) is 5.26. The highest BCUT2D eigenvalue weighted by Crippen LogP contribution is 2.14. The standard InChI is InChI=1S/C15H24N2/c1-4-14-6-5-7-15(10-14)12-17-9-8-16(3)11-13(17)2/h5-7,10,13H,4,8-9,11-12H2,1-3H3. The molecule has 17 heavy (non-hydrogen) atoms. The van der Waals surface area contributed by atoms with Gasteiger partial charge in [-0.2, -0.15) is 0 Å². The first-order valence-electron chi connectivity index (χ1n) is 6.69. The minimum absolute atomic E-state index is 0.666. The van der Waals surface area contributed by atoms with Crippen LogP contribution in [0.25, 0.3) is 0 Å². The van der Waals surface area contributed by atoms with Crippen LogP contribution in [-0.2, 0) is 13.0 Å². The maximum Gasteiger partial charge on any atom is 0.0237 e. The largest absolute Gasteiger partial charge is 0.304 e. The third-order valence-electron chi connectivity index (χ3n) is 3.75. The summed E-state index contributed by atoms with van der Waals surface area (Å²) < 4.78 is 0. The first kappa shape index (κ1) is 12.6. The van der Waals surface area contributed by atoms with E-state index in [9.17, 15) is 0 Å². The first-order chi connectivity index (χ1) is 8.19. The third-order valence-corrected chi connectivity index (χ3v) is 3.75. The Morgan fingerprint density at radius 3 is 2.71 bits per heavy atom. The predicted octanol–water partition coefficient (Wildman–Crippen LogP) is 2.38. The van der Waals surface area contributed by atoms with Crippen LogP contribution in [0.3, 0.4) is 0 Å². The fourth-order valence-corrected chi connectivity index (χ4v) is 2.59. The lowest BCUT2D eigenvalue weighted by atomic mass is 10.1. The molecule has 1 aliphatic rings. The van der Waals surface area contributed by atoms with Crippen molar-refractivity contribution >= 4 is 0 Å². The van der Waals surface area contributed by atoms with Crippen LogP contribution in [0.2, 0.25) is 0 Å². The van der Waals surface area contributed by atoms with Crippen molar-refractivity contribution in [1.82, 2.24) is 9.80 Å². The maximum atomic E-state index is 2.59. The van der Waals surface area contributed by atoms with E-state index in [1.807, 2.05) is 0 Å². The second-order valence-electron chi connectivity index (χ2n) is 5.26. The van der Waals surface area contributed by atoms with Gasteiger partial charge in [0.25, 0.3) is 0 Å². The van der Waals surface area contributed by atoms with Crippen molar-refractivity contribution in [3.8, 4) is 0 Å². The summed E-state index contributed by atoms with van der Waals surface area (Å²) in [5.74, 6) is 0. The van der Waals surface area contributed by atoms with Crippen LogP contribution in [0.15, 0.2) is 24.3 Å². The smallest absolute Gasteiger partial charge is 0.0237 e. The molecular weight excluding hydrogens is 208 g/mol. The van der Waals surface area contributed by atoms with Crippen LogP contribution in [-0.4, -0.2) is 42.5 Å². The highest BCUT2D eigenvalue weighted by Gasteiger charge is 2.21. The van der Waals surface area contributed by atoms with Crippen molar-refractivity contribution in [2.75, 3.05) is 26.7 Å². The molecule has 2 heteroatoms. The van der Waals surface area contributed by atoms with Crippen molar-refractivity contribution in [3.63, 3.8) is 0 Å². The van der Waals surface area contributed by atoms with Gasteiger partial charge in [0, 0.05) is 32.2 Å². The fraction of sp³-hybridized carbons (Fsp3) is 0.600. The summed E-state index contributed by atoms with van der Waals surface area (Å²) in [7, 11) is 2.21. The molecule has 0 N–H and O–H groups in total. The van der Waals surface area contributed by atoms with Gasteiger partial charge < -0.3 is 4.90 Å². The Kier molecular flexibility index (Phi) is 4.19. The molecule has 0 spiro atoms. The summed E-state index contributed by atoms with van der Waals surface area (Å²) in [6, 6.07) is 9.68. The summed E-state index contributed by atoms with van der Waals surface area (Å²) in [4.78, 5) is 5.01. The molecule has 1 aromatic carbocycles. The first-order valence-corrected chi connectivity index (χ1v) is 6.69. The Hall–Kier alpha value is -0.860. The lowest BCUT2D eigenvalue weighted by Crippen LogP contribution is -2.49. The molecule has 0 bridgehead atoms. The molecule has 0 aliphatic carbocycles. The van der Waals surface area contributed by atoms with Crippen LogP contribution in [0.4, 0.5) is 0 Å². The van der Waals surface area contributed by atoms with Gasteiger partial charge in [0.1, 0.15) is 0 Å². The third kappa shape index (κ3) is 3.30. The molecule has 2 nitrogen and oxygen atoms in total. The van der Waals surface area contributed by atoms with Crippen LogP contribution < -0.4 is 0 Å². The van der Waals surface area contributed by atoms with Crippen LogP contribution in [0.1, 0.15) is 25.0 Å². The Morgan fingerprint density at radius 1 is 1.24 bits per heavy atom. The molecular formula is C15H24N2. The van der Waals surface area contributed by atoms with Gasteiger partial charge in [-0.1, -0.05) is 31.2 Å². The minimum Gasteiger partial charge on any atom is -0.304 e. The summed E-state index contributed by atoms with van der Waals surface area (Å²) in [6.07, 6.45) is 1.13. The van der Waals surface area contributed by atoms with Crippen LogP contribution in [0.5, 0.6) is 0 Å². The number of aryl methyl sites for hydroxylation is 1. The number of nitrogens with zero attached hydrogens (tertiary/aromatic N) is 2. The average molecular weight is 232 g/mol. The van der Waals surface area contributed by atoms with Gasteiger partial charge in [-0.3, -0.25) is 4.90 Å². The number of piperazine rings is 1. The fourth-order valence-electron chi connectivity index (χ4n) is 2.59. The normalized spacial score (nSPS) is 22.9. The Labute approximate surface area is 105 Å². The van der Waals surface area contributed by atoms with Gasteiger partial charge in [-0.15, -0.1) is 0 Å². The van der Waals surface area contributed by atoms with Crippen molar-refractivity contribution in [2.45, 2.75) is 32.9 Å². The molecule has 0 saturated carbocycles. The summed E-state index contributed by atoms with van der Waals surface area (Å²) in [5, 5.41) is 0. The Balaban J connectivity index is 2.00. The molecule has 1 fully saturated rings. The van der Waals surface area contributed by atoms with Gasteiger partial charge >= 0.3 is 0 Å². The van der Waals surface area contributed by atoms with Crippen molar-refractivity contribution in [2.24, 2.45) is 0 Å². The topological polar surface area (TPSA) is 6.48 Å². The summed E-state index contributed by atoms with van der Waals surface area (Å²) in [6.45, 7) is 9.22. The highest BCUT2D eigenvalue weighted by atomic mass is 15.3. The van der Waals surface area contributed by atoms with Crippen LogP contribution in [0, 0.1) is 0 Å². The van der Waals surface area contributed by atoms with E-state index in [4.69, 9.17) is 0 Å². The Bertz CT molecular complexity index is 362. The molecule has 1 atom stereocenters. The van der Waals surface area contributed by atoms with E-state index >= 15 is 0 Å². The number of hydrogen-bond acceptors (Lipinski definition) is 2. The lowest BCUT2D eigenvalue weighted by molar-refractivity contribution is 0.0938. The number of hydrogen-bond donors (Lipinski definition) is 0. The zero-order valence-corrected chi connectivity index (χ0v) is 11.3.